The van der Waals surface area contributed by atoms with E-state index in [1.165, 1.54) is 22.2 Å². The molecule has 0 bridgehead atoms. The molecule has 2 aromatic rings. The fourth-order valence-electron chi connectivity index (χ4n) is 2.21. The van der Waals surface area contributed by atoms with Crippen LogP contribution in [-0.2, 0) is 11.8 Å². The molecule has 1 heteroatoms. The fraction of sp³-hybridized carbons (Fsp3) is 0.429. The second kappa shape index (κ2) is 3.41. The normalized spacial score (nSPS) is 12.3. The van der Waals surface area contributed by atoms with Crippen molar-refractivity contribution in [3.05, 3.63) is 35.5 Å². The van der Waals surface area contributed by atoms with E-state index in [0.717, 1.165) is 6.42 Å². The van der Waals surface area contributed by atoms with E-state index in [4.69, 9.17) is 0 Å². The Morgan fingerprint density at radius 2 is 1.80 bits per heavy atom. The summed E-state index contributed by atoms with van der Waals surface area (Å²) >= 11 is 0. The van der Waals surface area contributed by atoms with Gasteiger partial charge in [-0.2, -0.15) is 0 Å². The van der Waals surface area contributed by atoms with Gasteiger partial charge >= 0.3 is 0 Å². The first-order valence-electron chi connectivity index (χ1n) is 5.64. The maximum atomic E-state index is 3.56. The highest BCUT2D eigenvalue weighted by atomic mass is 14.7. The van der Waals surface area contributed by atoms with Crippen LogP contribution in [0.15, 0.2) is 24.3 Å². The zero-order valence-corrected chi connectivity index (χ0v) is 10.0. The van der Waals surface area contributed by atoms with E-state index in [1.807, 2.05) is 0 Å². The SMILES string of the molecule is CCc1c(C(C)(C)C)[nH]c2ccccc12. The number of hydrogen-bond donors (Lipinski definition) is 1. The molecule has 1 N–H and O–H groups in total. The van der Waals surface area contributed by atoms with Gasteiger partial charge in [0.1, 0.15) is 0 Å². The van der Waals surface area contributed by atoms with Gasteiger partial charge in [-0.3, -0.25) is 0 Å². The molecule has 1 nitrogen and oxygen atoms in total. The van der Waals surface area contributed by atoms with Crippen LogP contribution in [0.25, 0.3) is 10.9 Å². The van der Waals surface area contributed by atoms with Gasteiger partial charge in [0.25, 0.3) is 0 Å². The second-order valence-electron chi connectivity index (χ2n) is 5.13. The van der Waals surface area contributed by atoms with Crippen LogP contribution in [0.5, 0.6) is 0 Å². The number of hydrogen-bond acceptors (Lipinski definition) is 0. The minimum Gasteiger partial charge on any atom is -0.358 e. The Balaban J connectivity index is 2.75. The zero-order valence-electron chi connectivity index (χ0n) is 10.0. The summed E-state index contributed by atoms with van der Waals surface area (Å²) in [6.07, 6.45) is 1.09. The van der Waals surface area contributed by atoms with E-state index in [-0.39, 0.29) is 5.41 Å². The third kappa shape index (κ3) is 1.67. The first-order chi connectivity index (χ1) is 7.04. The fourth-order valence-corrected chi connectivity index (χ4v) is 2.21. The van der Waals surface area contributed by atoms with Gasteiger partial charge in [-0.25, -0.2) is 0 Å². The molecule has 0 unspecified atom stereocenters. The topological polar surface area (TPSA) is 15.8 Å². The van der Waals surface area contributed by atoms with Gasteiger partial charge in [0, 0.05) is 22.0 Å². The molecule has 1 aromatic carbocycles. The number of nitrogens with one attached hydrogen (secondary N) is 1. The van der Waals surface area contributed by atoms with Crippen LogP contribution in [0.4, 0.5) is 0 Å². The summed E-state index contributed by atoms with van der Waals surface area (Å²) in [5.74, 6) is 0. The highest BCUT2D eigenvalue weighted by molar-refractivity contribution is 5.85. The molecule has 0 atom stereocenters. The molecular weight excluding hydrogens is 182 g/mol. The second-order valence-corrected chi connectivity index (χ2v) is 5.13. The number of rotatable bonds is 1. The van der Waals surface area contributed by atoms with Crippen LogP contribution in [0.1, 0.15) is 39.0 Å². The summed E-state index contributed by atoms with van der Waals surface area (Å²) in [5, 5.41) is 1.38. The molecule has 0 saturated heterocycles. The lowest BCUT2D eigenvalue weighted by Gasteiger charge is -2.18. The minimum atomic E-state index is 0.199. The monoisotopic (exact) mass is 201 g/mol. The van der Waals surface area contributed by atoms with E-state index < -0.39 is 0 Å². The molecular formula is C14H19N. The van der Waals surface area contributed by atoms with Crippen molar-refractivity contribution in [2.75, 3.05) is 0 Å². The Bertz CT molecular complexity index is 472. The largest absolute Gasteiger partial charge is 0.358 e. The Morgan fingerprint density at radius 1 is 1.13 bits per heavy atom. The van der Waals surface area contributed by atoms with Crippen LogP contribution in [0.3, 0.4) is 0 Å². The molecule has 0 fully saturated rings. The van der Waals surface area contributed by atoms with Crippen LogP contribution < -0.4 is 0 Å². The molecule has 15 heavy (non-hydrogen) atoms. The van der Waals surface area contributed by atoms with Crippen molar-refractivity contribution >= 4 is 10.9 Å². The summed E-state index contributed by atoms with van der Waals surface area (Å²) in [6.45, 7) is 9.01. The lowest BCUT2D eigenvalue weighted by molar-refractivity contribution is 0.568. The van der Waals surface area contributed by atoms with Crippen molar-refractivity contribution in [1.82, 2.24) is 4.98 Å². The number of para-hydroxylation sites is 1. The maximum absolute atomic E-state index is 3.56. The van der Waals surface area contributed by atoms with Gasteiger partial charge in [-0.05, 0) is 18.1 Å². The Morgan fingerprint density at radius 3 is 2.40 bits per heavy atom. The number of aromatic amines is 1. The number of fused-ring (bicyclic) bond motifs is 1. The summed E-state index contributed by atoms with van der Waals surface area (Å²) in [6, 6.07) is 8.57. The van der Waals surface area contributed by atoms with Crippen molar-refractivity contribution in [3.8, 4) is 0 Å². The average Bonchev–Trinajstić information content (AvgIpc) is 2.55. The van der Waals surface area contributed by atoms with Crippen LogP contribution in [0, 0.1) is 0 Å². The Hall–Kier alpha value is -1.24. The minimum absolute atomic E-state index is 0.199. The number of H-pyrrole nitrogens is 1. The van der Waals surface area contributed by atoms with Crippen molar-refractivity contribution in [2.45, 2.75) is 39.5 Å². The zero-order chi connectivity index (χ0) is 11.1. The standard InChI is InChI=1S/C14H19N/c1-5-10-11-8-6-7-9-12(11)15-13(10)14(2,3)4/h6-9,15H,5H2,1-4H3. The molecule has 80 valence electrons. The van der Waals surface area contributed by atoms with Crippen molar-refractivity contribution in [1.29, 1.82) is 0 Å². The first-order valence-corrected chi connectivity index (χ1v) is 5.64. The van der Waals surface area contributed by atoms with Crippen LogP contribution in [0.2, 0.25) is 0 Å². The predicted molar refractivity (Wildman–Crippen MR) is 66.4 cm³/mol. The summed E-state index contributed by atoms with van der Waals surface area (Å²) in [4.78, 5) is 3.56. The lowest BCUT2D eigenvalue weighted by atomic mass is 9.88. The van der Waals surface area contributed by atoms with E-state index in [1.54, 1.807) is 0 Å². The smallest absolute Gasteiger partial charge is 0.0459 e. The highest BCUT2D eigenvalue weighted by Crippen LogP contribution is 2.31. The molecule has 0 radical (unpaired) electrons. The van der Waals surface area contributed by atoms with E-state index >= 15 is 0 Å². The molecule has 0 spiro atoms. The third-order valence-electron chi connectivity index (χ3n) is 2.92. The van der Waals surface area contributed by atoms with Gasteiger partial charge in [-0.15, -0.1) is 0 Å². The summed E-state index contributed by atoms with van der Waals surface area (Å²) in [7, 11) is 0. The first kappa shape index (κ1) is 10.3. The predicted octanol–water partition coefficient (Wildman–Crippen LogP) is 4.03. The van der Waals surface area contributed by atoms with Crippen molar-refractivity contribution in [2.24, 2.45) is 0 Å². The number of aromatic nitrogens is 1. The van der Waals surface area contributed by atoms with Gasteiger partial charge in [0.15, 0.2) is 0 Å². The van der Waals surface area contributed by atoms with E-state index in [2.05, 4.69) is 56.9 Å². The molecule has 1 aromatic heterocycles. The number of aryl methyl sites for hydroxylation is 1. The molecule has 0 aliphatic heterocycles. The Kier molecular flexibility index (Phi) is 2.34. The van der Waals surface area contributed by atoms with Crippen LogP contribution >= 0.6 is 0 Å². The van der Waals surface area contributed by atoms with Gasteiger partial charge < -0.3 is 4.98 Å². The molecule has 0 amide bonds. The maximum Gasteiger partial charge on any atom is 0.0459 e. The Labute approximate surface area is 91.5 Å². The van der Waals surface area contributed by atoms with Crippen LogP contribution in [-0.4, -0.2) is 4.98 Å². The lowest BCUT2D eigenvalue weighted by Crippen LogP contribution is -2.13. The highest BCUT2D eigenvalue weighted by Gasteiger charge is 2.20. The van der Waals surface area contributed by atoms with Crippen molar-refractivity contribution < 1.29 is 0 Å². The molecule has 0 saturated carbocycles. The molecule has 2 rings (SSSR count). The third-order valence-corrected chi connectivity index (χ3v) is 2.92. The summed E-state index contributed by atoms with van der Waals surface area (Å²) < 4.78 is 0. The van der Waals surface area contributed by atoms with Crippen molar-refractivity contribution in [3.63, 3.8) is 0 Å². The average molecular weight is 201 g/mol. The quantitative estimate of drug-likeness (QED) is 0.717. The van der Waals surface area contributed by atoms with E-state index in [0.29, 0.717) is 0 Å². The number of benzene rings is 1. The van der Waals surface area contributed by atoms with E-state index in [9.17, 15) is 0 Å². The molecule has 0 aliphatic rings. The molecule has 0 aliphatic carbocycles. The van der Waals surface area contributed by atoms with Gasteiger partial charge in [0.05, 0.1) is 0 Å². The molecule has 1 heterocycles. The van der Waals surface area contributed by atoms with Gasteiger partial charge in [0.2, 0.25) is 0 Å². The van der Waals surface area contributed by atoms with Gasteiger partial charge in [-0.1, -0.05) is 45.9 Å². The summed E-state index contributed by atoms with van der Waals surface area (Å²) in [5.41, 5.74) is 4.31.